The van der Waals surface area contributed by atoms with Crippen LogP contribution < -0.4 is 0 Å². The molecule has 1 aliphatic rings. The third kappa shape index (κ3) is 8.77. The quantitative estimate of drug-likeness (QED) is 0.575. The minimum atomic E-state index is -0.0450. The molecule has 0 aromatic carbocycles. The molecule has 0 aliphatic carbocycles. The Balaban J connectivity index is 2.39. The summed E-state index contributed by atoms with van der Waals surface area (Å²) < 4.78 is 11.2. The van der Waals surface area contributed by atoms with E-state index in [1.165, 1.54) is 38.2 Å². The van der Waals surface area contributed by atoms with Crippen molar-refractivity contribution in [1.82, 2.24) is 0 Å². The van der Waals surface area contributed by atoms with Crippen LogP contribution in [0.3, 0.4) is 0 Å². The van der Waals surface area contributed by atoms with E-state index in [1.54, 1.807) is 0 Å². The lowest BCUT2D eigenvalue weighted by atomic mass is 9.93. The van der Waals surface area contributed by atoms with Crippen LogP contribution in [0.4, 0.5) is 0 Å². The Morgan fingerprint density at radius 3 is 2.64 bits per heavy atom. The molecule has 0 bridgehead atoms. The van der Waals surface area contributed by atoms with E-state index in [2.05, 4.69) is 6.92 Å². The van der Waals surface area contributed by atoms with E-state index in [1.807, 2.05) is 6.92 Å². The monoisotopic (exact) mass is 310 g/mol. The van der Waals surface area contributed by atoms with Crippen molar-refractivity contribution in [3.05, 3.63) is 13.0 Å². The molecule has 3 heteroatoms. The molecule has 1 heterocycles. The van der Waals surface area contributed by atoms with Gasteiger partial charge in [0.25, 0.3) is 0 Å². The summed E-state index contributed by atoms with van der Waals surface area (Å²) >= 11 is 0. The number of rotatable bonds is 8. The first-order valence-electron chi connectivity index (χ1n) is 9.21. The van der Waals surface area contributed by atoms with Gasteiger partial charge in [-0.3, -0.25) is 4.79 Å². The number of hydrogen-bond donors (Lipinski definition) is 0. The lowest BCUT2D eigenvalue weighted by molar-refractivity contribution is -0.148. The summed E-state index contributed by atoms with van der Waals surface area (Å²) in [7, 11) is 0. The van der Waals surface area contributed by atoms with Gasteiger partial charge in [-0.1, -0.05) is 51.9 Å². The van der Waals surface area contributed by atoms with Gasteiger partial charge in [0.15, 0.2) is 0 Å². The summed E-state index contributed by atoms with van der Waals surface area (Å²) in [5.74, 6) is -0.0374. The zero-order chi connectivity index (χ0) is 16.0. The molecule has 128 valence electrons. The number of unbranched alkanes of at least 4 members (excludes halogenated alkanes) is 1. The van der Waals surface area contributed by atoms with Crippen LogP contribution in [0.25, 0.3) is 0 Å². The first-order chi connectivity index (χ1) is 10.8. The molecule has 2 radical (unpaired) electrons. The standard InChI is InChI=1S/C19H34O3/c1-3-5-12-17(19(20)21-4-2)14-15-18-13-10-8-6-7-9-11-16-22-18/h17H,1,3-16H2,2H3. The second-order valence-electron chi connectivity index (χ2n) is 6.24. The first-order valence-corrected chi connectivity index (χ1v) is 9.21. The number of carbonyl (C=O) groups is 1. The Hall–Kier alpha value is -0.570. The van der Waals surface area contributed by atoms with Gasteiger partial charge in [-0.05, 0) is 39.0 Å². The Morgan fingerprint density at radius 1 is 1.18 bits per heavy atom. The average Bonchev–Trinajstić information content (AvgIpc) is 2.53. The molecule has 0 saturated carbocycles. The fourth-order valence-corrected chi connectivity index (χ4v) is 2.98. The third-order valence-electron chi connectivity index (χ3n) is 4.35. The summed E-state index contributed by atoms with van der Waals surface area (Å²) in [4.78, 5) is 12.1. The predicted molar refractivity (Wildman–Crippen MR) is 90.1 cm³/mol. The van der Waals surface area contributed by atoms with E-state index in [-0.39, 0.29) is 11.9 Å². The lowest BCUT2D eigenvalue weighted by Crippen LogP contribution is -2.19. The van der Waals surface area contributed by atoms with E-state index in [9.17, 15) is 4.79 Å². The van der Waals surface area contributed by atoms with Crippen LogP contribution in [0.2, 0.25) is 0 Å². The van der Waals surface area contributed by atoms with E-state index in [0.717, 1.165) is 51.6 Å². The number of ether oxygens (including phenoxy) is 2. The molecule has 3 nitrogen and oxygen atoms in total. The Labute approximate surface area is 137 Å². The van der Waals surface area contributed by atoms with E-state index >= 15 is 0 Å². The van der Waals surface area contributed by atoms with Crippen LogP contribution in [0.15, 0.2) is 0 Å². The Bertz CT molecular complexity index is 268. The van der Waals surface area contributed by atoms with E-state index in [0.29, 0.717) is 6.61 Å². The molecule has 1 aliphatic heterocycles. The summed E-state index contributed by atoms with van der Waals surface area (Å²) in [6.45, 7) is 7.05. The number of hydrogen-bond acceptors (Lipinski definition) is 3. The fourth-order valence-electron chi connectivity index (χ4n) is 2.98. The highest BCUT2D eigenvalue weighted by atomic mass is 16.5. The minimum Gasteiger partial charge on any atom is -0.466 e. The zero-order valence-corrected chi connectivity index (χ0v) is 14.4. The largest absolute Gasteiger partial charge is 0.466 e. The molecule has 0 aromatic rings. The fraction of sp³-hybridized carbons (Fsp3) is 0.842. The summed E-state index contributed by atoms with van der Waals surface area (Å²) in [5.41, 5.74) is 0. The van der Waals surface area contributed by atoms with Crippen molar-refractivity contribution < 1.29 is 14.3 Å². The van der Waals surface area contributed by atoms with Crippen molar-refractivity contribution >= 4 is 5.97 Å². The summed E-state index contributed by atoms with van der Waals surface area (Å²) in [6, 6.07) is 0. The highest BCUT2D eigenvalue weighted by molar-refractivity contribution is 5.72. The second-order valence-corrected chi connectivity index (χ2v) is 6.24. The molecule has 0 spiro atoms. The Kier molecular flexibility index (Phi) is 11.4. The maximum atomic E-state index is 12.1. The van der Waals surface area contributed by atoms with E-state index in [4.69, 9.17) is 9.47 Å². The second kappa shape index (κ2) is 12.9. The van der Waals surface area contributed by atoms with Crippen molar-refractivity contribution in [2.24, 2.45) is 5.92 Å². The molecule has 0 amide bonds. The molecule has 22 heavy (non-hydrogen) atoms. The number of esters is 1. The van der Waals surface area contributed by atoms with Crippen molar-refractivity contribution in [1.29, 1.82) is 0 Å². The van der Waals surface area contributed by atoms with Crippen LogP contribution in [0, 0.1) is 18.9 Å². The maximum Gasteiger partial charge on any atom is 0.308 e. The van der Waals surface area contributed by atoms with Crippen LogP contribution in [0.5, 0.6) is 0 Å². The van der Waals surface area contributed by atoms with Crippen LogP contribution in [-0.4, -0.2) is 19.2 Å². The predicted octanol–water partition coefficient (Wildman–Crippen LogP) is 5.24. The molecular weight excluding hydrogens is 276 g/mol. The van der Waals surface area contributed by atoms with Crippen molar-refractivity contribution in [2.45, 2.75) is 84.0 Å². The van der Waals surface area contributed by atoms with Crippen molar-refractivity contribution in [3.63, 3.8) is 0 Å². The maximum absolute atomic E-state index is 12.1. The van der Waals surface area contributed by atoms with Crippen LogP contribution >= 0.6 is 0 Å². The minimum absolute atomic E-state index is 0.00760. The van der Waals surface area contributed by atoms with Gasteiger partial charge in [0.2, 0.25) is 0 Å². The van der Waals surface area contributed by atoms with Crippen LogP contribution in [-0.2, 0) is 14.3 Å². The zero-order valence-electron chi connectivity index (χ0n) is 14.4. The summed E-state index contributed by atoms with van der Waals surface area (Å²) in [6.07, 6.45) is 14.4. The molecule has 1 rings (SSSR count). The molecular formula is C19H34O3. The van der Waals surface area contributed by atoms with Gasteiger partial charge in [0.1, 0.15) is 0 Å². The lowest BCUT2D eigenvalue weighted by Gasteiger charge is -2.21. The highest BCUT2D eigenvalue weighted by Gasteiger charge is 2.22. The molecule has 1 saturated heterocycles. The Morgan fingerprint density at radius 2 is 1.91 bits per heavy atom. The third-order valence-corrected chi connectivity index (χ3v) is 4.35. The summed E-state index contributed by atoms with van der Waals surface area (Å²) in [5, 5.41) is 0. The normalized spacial score (nSPS) is 19.5. The molecule has 1 unspecified atom stereocenters. The SMILES string of the molecule is [CH2]CCCC(CC[C]1CCCCCCCCO1)C(=O)OCC. The van der Waals surface area contributed by atoms with Gasteiger partial charge >= 0.3 is 5.97 Å². The van der Waals surface area contributed by atoms with Gasteiger partial charge < -0.3 is 9.47 Å². The van der Waals surface area contributed by atoms with Crippen LogP contribution in [0.1, 0.15) is 84.0 Å². The molecule has 1 fully saturated rings. The molecule has 0 aromatic heterocycles. The van der Waals surface area contributed by atoms with Crippen molar-refractivity contribution in [3.8, 4) is 0 Å². The van der Waals surface area contributed by atoms with Gasteiger partial charge in [-0.25, -0.2) is 0 Å². The van der Waals surface area contributed by atoms with Gasteiger partial charge in [0.05, 0.1) is 18.6 Å². The topological polar surface area (TPSA) is 35.5 Å². The number of carbonyl (C=O) groups excluding carboxylic acids is 1. The first kappa shape index (κ1) is 19.5. The van der Waals surface area contributed by atoms with Gasteiger partial charge in [-0.15, -0.1) is 0 Å². The molecule has 0 N–H and O–H groups in total. The van der Waals surface area contributed by atoms with E-state index < -0.39 is 0 Å². The average molecular weight is 310 g/mol. The van der Waals surface area contributed by atoms with Crippen molar-refractivity contribution in [2.75, 3.05) is 13.2 Å². The molecule has 1 atom stereocenters. The van der Waals surface area contributed by atoms with Gasteiger partial charge in [0, 0.05) is 6.61 Å². The highest BCUT2D eigenvalue weighted by Crippen LogP contribution is 2.26. The smallest absolute Gasteiger partial charge is 0.308 e. The van der Waals surface area contributed by atoms with Gasteiger partial charge in [-0.2, -0.15) is 0 Å².